The zero-order valence-corrected chi connectivity index (χ0v) is 15.3. The number of hydrogen-bond acceptors (Lipinski definition) is 3. The van der Waals surface area contributed by atoms with E-state index in [0.29, 0.717) is 11.3 Å². The summed E-state index contributed by atoms with van der Waals surface area (Å²) in [4.78, 5) is 17.7. The molecule has 0 aliphatic heterocycles. The van der Waals surface area contributed by atoms with E-state index in [-0.39, 0.29) is 5.97 Å². The monoisotopic (exact) mass is 353 g/mol. The van der Waals surface area contributed by atoms with E-state index >= 15 is 0 Å². The Hall–Kier alpha value is -3.46. The zero-order valence-electron chi connectivity index (χ0n) is 15.3. The van der Waals surface area contributed by atoms with Crippen LogP contribution in [0.25, 0.3) is 22.2 Å². The SMILES string of the molecule is Cc1cccc(OC(=O)c2cc(-c3ccccc3)nc3ccccc23)c1C. The van der Waals surface area contributed by atoms with Crippen LogP contribution in [0.15, 0.2) is 78.9 Å². The molecule has 0 amide bonds. The Bertz CT molecular complexity index is 1130. The number of esters is 1. The molecule has 0 aliphatic carbocycles. The molecule has 3 nitrogen and oxygen atoms in total. The van der Waals surface area contributed by atoms with Gasteiger partial charge >= 0.3 is 5.97 Å². The lowest BCUT2D eigenvalue weighted by Gasteiger charge is -2.12. The van der Waals surface area contributed by atoms with Crippen LogP contribution in [0.5, 0.6) is 5.75 Å². The van der Waals surface area contributed by atoms with Crippen molar-refractivity contribution < 1.29 is 9.53 Å². The number of nitrogens with zero attached hydrogens (tertiary/aromatic N) is 1. The predicted octanol–water partition coefficient (Wildman–Crippen LogP) is 5.74. The number of carbonyl (C=O) groups is 1. The summed E-state index contributed by atoms with van der Waals surface area (Å²) in [6.07, 6.45) is 0. The highest BCUT2D eigenvalue weighted by Gasteiger charge is 2.17. The number of ether oxygens (including phenoxy) is 1. The van der Waals surface area contributed by atoms with Crippen LogP contribution < -0.4 is 4.74 Å². The van der Waals surface area contributed by atoms with Gasteiger partial charge in [-0.1, -0.05) is 60.7 Å². The fraction of sp³-hybridized carbons (Fsp3) is 0.0833. The van der Waals surface area contributed by atoms with Crippen molar-refractivity contribution in [2.75, 3.05) is 0 Å². The number of aromatic nitrogens is 1. The van der Waals surface area contributed by atoms with Crippen molar-refractivity contribution >= 4 is 16.9 Å². The molecule has 3 heteroatoms. The largest absolute Gasteiger partial charge is 0.423 e. The van der Waals surface area contributed by atoms with E-state index in [1.165, 1.54) is 0 Å². The van der Waals surface area contributed by atoms with E-state index in [4.69, 9.17) is 9.72 Å². The summed E-state index contributed by atoms with van der Waals surface area (Å²) >= 11 is 0. The average molecular weight is 353 g/mol. The zero-order chi connectivity index (χ0) is 18.8. The van der Waals surface area contributed by atoms with Crippen molar-refractivity contribution in [2.24, 2.45) is 0 Å². The molecule has 0 N–H and O–H groups in total. The molecule has 0 aliphatic rings. The minimum absolute atomic E-state index is 0.375. The van der Waals surface area contributed by atoms with Crippen LogP contribution in [-0.4, -0.2) is 11.0 Å². The van der Waals surface area contributed by atoms with Gasteiger partial charge in [0.15, 0.2) is 0 Å². The van der Waals surface area contributed by atoms with Crippen LogP contribution in [0.2, 0.25) is 0 Å². The summed E-state index contributed by atoms with van der Waals surface area (Å²) in [6.45, 7) is 3.96. The fourth-order valence-corrected chi connectivity index (χ4v) is 3.09. The topological polar surface area (TPSA) is 39.2 Å². The number of hydrogen-bond donors (Lipinski definition) is 0. The second-order valence-electron chi connectivity index (χ2n) is 6.53. The Morgan fingerprint density at radius 3 is 2.41 bits per heavy atom. The highest BCUT2D eigenvalue weighted by molar-refractivity contribution is 6.05. The number of rotatable bonds is 3. The first-order chi connectivity index (χ1) is 13.1. The molecule has 0 spiro atoms. The highest BCUT2D eigenvalue weighted by Crippen LogP contribution is 2.27. The quantitative estimate of drug-likeness (QED) is 0.348. The lowest BCUT2D eigenvalue weighted by Crippen LogP contribution is -2.11. The molecule has 0 unspecified atom stereocenters. The van der Waals surface area contributed by atoms with Gasteiger partial charge in [0.1, 0.15) is 5.75 Å². The van der Waals surface area contributed by atoms with Gasteiger partial charge in [0, 0.05) is 10.9 Å². The maximum absolute atomic E-state index is 13.0. The molecule has 0 atom stereocenters. The summed E-state index contributed by atoms with van der Waals surface area (Å²) in [5, 5.41) is 0.785. The second kappa shape index (κ2) is 7.04. The molecule has 132 valence electrons. The highest BCUT2D eigenvalue weighted by atomic mass is 16.5. The summed E-state index contributed by atoms with van der Waals surface area (Å²) in [5.41, 5.74) is 5.05. The lowest BCUT2D eigenvalue weighted by atomic mass is 10.0. The third kappa shape index (κ3) is 3.32. The molecule has 0 fully saturated rings. The summed E-state index contributed by atoms with van der Waals surface area (Å²) < 4.78 is 5.74. The second-order valence-corrected chi connectivity index (χ2v) is 6.53. The molecule has 0 radical (unpaired) electrons. The molecule has 27 heavy (non-hydrogen) atoms. The summed E-state index contributed by atoms with van der Waals surface area (Å²) in [7, 11) is 0. The first-order valence-electron chi connectivity index (χ1n) is 8.87. The van der Waals surface area contributed by atoms with Crippen molar-refractivity contribution in [1.82, 2.24) is 4.98 Å². The number of pyridine rings is 1. The third-order valence-corrected chi connectivity index (χ3v) is 4.76. The van der Waals surface area contributed by atoms with E-state index in [1.54, 1.807) is 0 Å². The fourth-order valence-electron chi connectivity index (χ4n) is 3.09. The molecule has 0 saturated carbocycles. The van der Waals surface area contributed by atoms with Crippen LogP contribution in [-0.2, 0) is 0 Å². The smallest absolute Gasteiger partial charge is 0.344 e. The Kier molecular flexibility index (Phi) is 4.43. The van der Waals surface area contributed by atoms with Crippen molar-refractivity contribution in [3.05, 3.63) is 95.6 Å². The number of benzene rings is 3. The maximum Gasteiger partial charge on any atom is 0.344 e. The minimum atomic E-state index is -0.375. The normalized spacial score (nSPS) is 10.7. The van der Waals surface area contributed by atoms with E-state index in [2.05, 4.69) is 0 Å². The van der Waals surface area contributed by atoms with Gasteiger partial charge < -0.3 is 4.74 Å². The van der Waals surface area contributed by atoms with Gasteiger partial charge in [0.05, 0.1) is 16.8 Å². The Morgan fingerprint density at radius 1 is 0.852 bits per heavy atom. The molecular weight excluding hydrogens is 334 g/mol. The molecule has 4 rings (SSSR count). The van der Waals surface area contributed by atoms with E-state index in [9.17, 15) is 4.79 Å². The molecule has 0 bridgehead atoms. The predicted molar refractivity (Wildman–Crippen MR) is 108 cm³/mol. The van der Waals surface area contributed by atoms with Crippen LogP contribution in [0, 0.1) is 13.8 Å². The van der Waals surface area contributed by atoms with Crippen molar-refractivity contribution in [2.45, 2.75) is 13.8 Å². The van der Waals surface area contributed by atoms with Crippen LogP contribution in [0.4, 0.5) is 0 Å². The third-order valence-electron chi connectivity index (χ3n) is 4.76. The van der Waals surface area contributed by atoms with Crippen molar-refractivity contribution in [3.63, 3.8) is 0 Å². The van der Waals surface area contributed by atoms with Crippen LogP contribution >= 0.6 is 0 Å². The summed E-state index contributed by atoms with van der Waals surface area (Å²) in [6, 6.07) is 25.0. The van der Waals surface area contributed by atoms with Gasteiger partial charge in [-0.25, -0.2) is 9.78 Å². The first kappa shape index (κ1) is 17.0. The van der Waals surface area contributed by atoms with Crippen molar-refractivity contribution in [3.8, 4) is 17.0 Å². The Morgan fingerprint density at radius 2 is 1.59 bits per heavy atom. The van der Waals surface area contributed by atoms with Gasteiger partial charge in [0.2, 0.25) is 0 Å². The molecule has 3 aromatic carbocycles. The minimum Gasteiger partial charge on any atom is -0.423 e. The van der Waals surface area contributed by atoms with Gasteiger partial charge in [0.25, 0.3) is 0 Å². The van der Waals surface area contributed by atoms with Crippen LogP contribution in [0.3, 0.4) is 0 Å². The van der Waals surface area contributed by atoms with E-state index in [0.717, 1.165) is 33.3 Å². The van der Waals surface area contributed by atoms with Gasteiger partial charge in [-0.3, -0.25) is 0 Å². The Labute approximate surface area is 158 Å². The van der Waals surface area contributed by atoms with E-state index < -0.39 is 0 Å². The first-order valence-corrected chi connectivity index (χ1v) is 8.87. The molecule has 4 aromatic rings. The average Bonchev–Trinajstić information content (AvgIpc) is 2.71. The Balaban J connectivity index is 1.82. The van der Waals surface area contributed by atoms with Crippen molar-refractivity contribution in [1.29, 1.82) is 0 Å². The summed E-state index contributed by atoms with van der Waals surface area (Å²) in [5.74, 6) is 0.210. The van der Waals surface area contributed by atoms with Gasteiger partial charge in [-0.05, 0) is 43.2 Å². The van der Waals surface area contributed by atoms with Gasteiger partial charge in [-0.2, -0.15) is 0 Å². The number of para-hydroxylation sites is 1. The molecule has 1 heterocycles. The lowest BCUT2D eigenvalue weighted by molar-refractivity contribution is 0.0735. The molecular formula is C24H19NO2. The van der Waals surface area contributed by atoms with E-state index in [1.807, 2.05) is 92.7 Å². The molecule has 1 aromatic heterocycles. The number of aryl methyl sites for hydroxylation is 1. The maximum atomic E-state index is 13.0. The standard InChI is InChI=1S/C24H19NO2/c1-16-9-8-14-23(17(16)2)27-24(26)20-15-22(18-10-4-3-5-11-18)25-21-13-7-6-12-19(20)21/h3-15H,1-2H3. The number of fused-ring (bicyclic) bond motifs is 1. The van der Waals surface area contributed by atoms with Crippen LogP contribution in [0.1, 0.15) is 21.5 Å². The molecule has 0 saturated heterocycles. The number of carbonyl (C=O) groups excluding carboxylic acids is 1. The van der Waals surface area contributed by atoms with Gasteiger partial charge in [-0.15, -0.1) is 0 Å².